The molecule has 4 heterocycles. The van der Waals surface area contributed by atoms with Crippen LogP contribution in [-0.2, 0) is 24.0 Å². The van der Waals surface area contributed by atoms with Crippen LogP contribution in [0.5, 0.6) is 0 Å². The van der Waals surface area contributed by atoms with Gasteiger partial charge in [-0.25, -0.2) is 14.6 Å². The van der Waals surface area contributed by atoms with Gasteiger partial charge in [-0.1, -0.05) is 16.9 Å². The van der Waals surface area contributed by atoms with Gasteiger partial charge in [0.05, 0.1) is 11.7 Å². The van der Waals surface area contributed by atoms with Crippen LogP contribution >= 0.6 is 34.9 Å². The SMILES string of the molecule is O=C(O)CON=C(C(=O)NC1C(=O)N2C(C(=O)O)=C(CSc3cn[nH]n3)CS[C@@H]12)c1cscn1. The summed E-state index contributed by atoms with van der Waals surface area (Å²) in [6, 6.07) is -1.00. The average Bonchev–Trinajstić information content (AvgIpc) is 3.52. The molecule has 1 saturated heterocycles. The number of thiazole rings is 1. The van der Waals surface area contributed by atoms with E-state index in [1.165, 1.54) is 51.9 Å². The van der Waals surface area contributed by atoms with Crippen molar-refractivity contribution in [2.45, 2.75) is 16.4 Å². The minimum atomic E-state index is -1.28. The highest BCUT2D eigenvalue weighted by atomic mass is 32.2. The molecular weight excluding hydrogens is 510 g/mol. The van der Waals surface area contributed by atoms with Crippen LogP contribution in [-0.4, -0.2) is 94.5 Å². The van der Waals surface area contributed by atoms with Gasteiger partial charge in [-0.05, 0) is 5.57 Å². The van der Waals surface area contributed by atoms with Gasteiger partial charge in [0, 0.05) is 16.9 Å². The molecule has 2 amide bonds. The predicted octanol–water partition coefficient (Wildman–Crippen LogP) is -0.403. The van der Waals surface area contributed by atoms with E-state index in [1.54, 1.807) is 0 Å². The molecule has 14 nitrogen and oxygen atoms in total. The van der Waals surface area contributed by atoms with Gasteiger partial charge < -0.3 is 20.4 Å². The van der Waals surface area contributed by atoms with Crippen molar-refractivity contribution in [3.63, 3.8) is 0 Å². The Morgan fingerprint density at radius 2 is 2.21 bits per heavy atom. The fourth-order valence-corrected chi connectivity index (χ4v) is 5.92. The predicted molar refractivity (Wildman–Crippen MR) is 119 cm³/mol. The second kappa shape index (κ2) is 10.2. The molecule has 0 aromatic carbocycles. The Hall–Kier alpha value is -3.44. The summed E-state index contributed by atoms with van der Waals surface area (Å²) >= 11 is 3.78. The number of nitrogens with one attached hydrogen (secondary N) is 2. The first-order valence-corrected chi connectivity index (χ1v) is 12.3. The molecule has 2 aliphatic heterocycles. The maximum Gasteiger partial charge on any atom is 0.352 e. The smallest absolute Gasteiger partial charge is 0.352 e. The molecule has 17 heteroatoms. The van der Waals surface area contributed by atoms with E-state index in [0.29, 0.717) is 22.1 Å². The van der Waals surface area contributed by atoms with Crippen molar-refractivity contribution < 1.29 is 34.2 Å². The third kappa shape index (κ3) is 4.90. The first kappa shape index (κ1) is 23.7. The van der Waals surface area contributed by atoms with Crippen molar-refractivity contribution in [2.75, 3.05) is 18.1 Å². The first-order valence-electron chi connectivity index (χ1n) is 9.36. The number of aliphatic carboxylic acids is 2. The van der Waals surface area contributed by atoms with Crippen LogP contribution in [0.4, 0.5) is 0 Å². The molecule has 0 aliphatic carbocycles. The minimum Gasteiger partial charge on any atom is -0.479 e. The molecule has 0 saturated carbocycles. The molecule has 0 radical (unpaired) electrons. The van der Waals surface area contributed by atoms with E-state index in [-0.39, 0.29) is 17.1 Å². The third-order valence-corrected chi connectivity index (χ3v) is 7.47. The number of carbonyl (C=O) groups is 4. The second-order valence-corrected chi connectivity index (χ2v) is 9.52. The van der Waals surface area contributed by atoms with Crippen LogP contribution in [0.2, 0.25) is 0 Å². The van der Waals surface area contributed by atoms with E-state index >= 15 is 0 Å². The Balaban J connectivity index is 1.48. The number of aromatic amines is 1. The molecule has 1 fully saturated rings. The fourth-order valence-electron chi connectivity index (χ4n) is 3.11. The highest BCUT2D eigenvalue weighted by Gasteiger charge is 2.54. The Morgan fingerprint density at radius 1 is 1.38 bits per heavy atom. The van der Waals surface area contributed by atoms with E-state index in [4.69, 9.17) is 5.11 Å². The number of H-pyrrole nitrogens is 1. The molecule has 0 bridgehead atoms. The minimum absolute atomic E-state index is 0.117. The molecule has 34 heavy (non-hydrogen) atoms. The number of β-lactam (4-membered cyclic amide) rings is 1. The number of hydrogen-bond acceptors (Lipinski definition) is 12. The van der Waals surface area contributed by atoms with Crippen LogP contribution in [0.3, 0.4) is 0 Å². The summed E-state index contributed by atoms with van der Waals surface area (Å²) in [5.41, 5.74) is 1.73. The summed E-state index contributed by atoms with van der Waals surface area (Å²) in [7, 11) is 0. The van der Waals surface area contributed by atoms with Crippen molar-refractivity contribution in [3.8, 4) is 0 Å². The van der Waals surface area contributed by atoms with Crippen LogP contribution in [0, 0.1) is 0 Å². The van der Waals surface area contributed by atoms with E-state index in [0.717, 1.165) is 4.90 Å². The van der Waals surface area contributed by atoms with E-state index in [9.17, 15) is 24.3 Å². The number of carboxylic acid groups (broad SMARTS) is 2. The van der Waals surface area contributed by atoms with Crippen LogP contribution in [0.1, 0.15) is 5.69 Å². The largest absolute Gasteiger partial charge is 0.479 e. The highest BCUT2D eigenvalue weighted by molar-refractivity contribution is 8.01. The Morgan fingerprint density at radius 3 is 2.85 bits per heavy atom. The lowest BCUT2D eigenvalue weighted by molar-refractivity contribution is -0.150. The maximum atomic E-state index is 12.8. The Kier molecular flexibility index (Phi) is 7.13. The lowest BCUT2D eigenvalue weighted by Crippen LogP contribution is -2.71. The second-order valence-electron chi connectivity index (χ2n) is 6.70. The molecule has 1 unspecified atom stereocenters. The summed E-state index contributed by atoms with van der Waals surface area (Å²) in [5.74, 6) is -3.28. The summed E-state index contributed by atoms with van der Waals surface area (Å²) < 4.78 is 0. The number of carbonyl (C=O) groups excluding carboxylic acids is 2. The van der Waals surface area contributed by atoms with Crippen molar-refractivity contribution >= 4 is 64.3 Å². The topological polar surface area (TPSA) is 200 Å². The van der Waals surface area contributed by atoms with E-state index in [2.05, 4.69) is 35.7 Å². The summed E-state index contributed by atoms with van der Waals surface area (Å²) in [4.78, 5) is 58.1. The lowest BCUT2D eigenvalue weighted by Gasteiger charge is -2.49. The van der Waals surface area contributed by atoms with Crippen molar-refractivity contribution in [1.29, 1.82) is 0 Å². The molecule has 2 aromatic heterocycles. The number of oxime groups is 1. The summed E-state index contributed by atoms with van der Waals surface area (Å²) in [6.07, 6.45) is 1.51. The number of rotatable bonds is 10. The van der Waals surface area contributed by atoms with Gasteiger partial charge in [0.25, 0.3) is 11.8 Å². The molecule has 2 aromatic rings. The van der Waals surface area contributed by atoms with Gasteiger partial charge in [0.1, 0.15) is 27.8 Å². The number of amides is 2. The number of aromatic nitrogens is 4. The average molecular weight is 526 g/mol. The van der Waals surface area contributed by atoms with Crippen molar-refractivity contribution in [3.05, 3.63) is 34.1 Å². The third-order valence-electron chi connectivity index (χ3n) is 4.56. The van der Waals surface area contributed by atoms with Gasteiger partial charge in [-0.2, -0.15) is 10.3 Å². The normalized spacial score (nSPS) is 19.9. The van der Waals surface area contributed by atoms with Crippen LogP contribution in [0.25, 0.3) is 0 Å². The zero-order valence-electron chi connectivity index (χ0n) is 16.9. The first-order chi connectivity index (χ1) is 16.4. The quantitative estimate of drug-likeness (QED) is 0.136. The number of nitrogens with zero attached hydrogens (tertiary/aromatic N) is 5. The zero-order valence-corrected chi connectivity index (χ0v) is 19.4. The number of fused-ring (bicyclic) bond motifs is 1. The number of thioether (sulfide) groups is 2. The van der Waals surface area contributed by atoms with Crippen molar-refractivity contribution in [1.82, 2.24) is 30.6 Å². The van der Waals surface area contributed by atoms with E-state index in [1.807, 2.05) is 0 Å². The van der Waals surface area contributed by atoms with Gasteiger partial charge in [0.15, 0.2) is 5.71 Å². The maximum absolute atomic E-state index is 12.8. The molecular formula is C17H15N7O7S3. The molecule has 2 aliphatic rings. The lowest BCUT2D eigenvalue weighted by atomic mass is 10.0. The van der Waals surface area contributed by atoms with Crippen LogP contribution in [0.15, 0.2) is 38.5 Å². The standard InChI is InChI=1S/C17H15N7O7S3/c25-10(26)2-31-22-11(8-5-32-6-18-8)14(27)20-12-15(28)24-13(17(29)30)7(4-34-16(12)24)3-33-9-1-19-23-21-9/h1,5-6,12,16H,2-4H2,(H,20,27)(H,25,26)(H,29,30)(H,19,21,23)/t12?,16-/m0/s1. The molecule has 2 atom stereocenters. The Labute approximate surface area is 202 Å². The van der Waals surface area contributed by atoms with Gasteiger partial charge in [0.2, 0.25) is 6.61 Å². The zero-order chi connectivity index (χ0) is 24.2. The molecule has 4 rings (SSSR count). The summed E-state index contributed by atoms with van der Waals surface area (Å²) in [5, 5.41) is 36.1. The van der Waals surface area contributed by atoms with E-state index < -0.39 is 41.8 Å². The highest BCUT2D eigenvalue weighted by Crippen LogP contribution is 2.41. The summed E-state index contributed by atoms with van der Waals surface area (Å²) in [6.45, 7) is -0.766. The fraction of sp³-hybridized carbons (Fsp3) is 0.294. The number of carboxylic acids is 2. The Bertz CT molecular complexity index is 1170. The monoisotopic (exact) mass is 525 g/mol. The molecule has 178 valence electrons. The van der Waals surface area contributed by atoms with Gasteiger partial charge in [-0.3, -0.25) is 14.5 Å². The number of hydrogen-bond donors (Lipinski definition) is 4. The molecule has 4 N–H and O–H groups in total. The van der Waals surface area contributed by atoms with Crippen molar-refractivity contribution in [2.24, 2.45) is 5.16 Å². The van der Waals surface area contributed by atoms with Gasteiger partial charge in [-0.15, -0.1) is 28.2 Å². The van der Waals surface area contributed by atoms with Crippen LogP contribution < -0.4 is 5.32 Å². The van der Waals surface area contributed by atoms with Gasteiger partial charge >= 0.3 is 11.9 Å². The molecule has 0 spiro atoms.